The van der Waals surface area contributed by atoms with Gasteiger partial charge in [0.25, 0.3) is 5.91 Å². The summed E-state index contributed by atoms with van der Waals surface area (Å²) < 4.78 is 0. The molecule has 1 aliphatic carbocycles. The third-order valence-corrected chi connectivity index (χ3v) is 7.37. The molecule has 2 saturated heterocycles. The van der Waals surface area contributed by atoms with Crippen molar-refractivity contribution in [1.82, 2.24) is 10.3 Å². The van der Waals surface area contributed by atoms with Gasteiger partial charge in [0, 0.05) is 30.1 Å². The quantitative estimate of drug-likeness (QED) is 0.544. The molecule has 3 amide bonds. The summed E-state index contributed by atoms with van der Waals surface area (Å²) in [6.07, 6.45) is 6.24. The normalized spacial score (nSPS) is 22.5. The van der Waals surface area contributed by atoms with E-state index in [1.165, 1.54) is 5.01 Å². The van der Waals surface area contributed by atoms with Gasteiger partial charge in [-0.05, 0) is 50.8 Å². The lowest BCUT2D eigenvalue weighted by atomic mass is 9.80. The number of nitrogens with one attached hydrogen (secondary N) is 1. The number of hydrogen-bond donors (Lipinski definition) is 1. The fourth-order valence-corrected chi connectivity index (χ4v) is 5.24. The van der Waals surface area contributed by atoms with Crippen LogP contribution < -0.4 is 10.4 Å². The summed E-state index contributed by atoms with van der Waals surface area (Å²) in [5, 5.41) is 1.28. The van der Waals surface area contributed by atoms with Gasteiger partial charge in [0.2, 0.25) is 11.8 Å². The van der Waals surface area contributed by atoms with Crippen LogP contribution >= 0.6 is 0 Å². The minimum absolute atomic E-state index is 0.0910. The second-order valence-corrected chi connectivity index (χ2v) is 9.65. The van der Waals surface area contributed by atoms with Gasteiger partial charge in [-0.1, -0.05) is 48.0 Å². The second kappa shape index (κ2) is 9.49. The summed E-state index contributed by atoms with van der Waals surface area (Å²) in [6.45, 7) is 2.99. The van der Waals surface area contributed by atoms with Gasteiger partial charge >= 0.3 is 0 Å². The van der Waals surface area contributed by atoms with E-state index in [1.54, 1.807) is 29.2 Å². The van der Waals surface area contributed by atoms with Crippen LogP contribution in [0.25, 0.3) is 0 Å². The highest BCUT2D eigenvalue weighted by atomic mass is 16.2. The lowest BCUT2D eigenvalue weighted by Crippen LogP contribution is -2.59. The van der Waals surface area contributed by atoms with Gasteiger partial charge in [0.15, 0.2) is 5.78 Å². The maximum absolute atomic E-state index is 13.2. The average molecular weight is 472 g/mol. The maximum Gasteiger partial charge on any atom is 0.253 e. The molecule has 0 spiro atoms. The van der Waals surface area contributed by atoms with Gasteiger partial charge in [-0.2, -0.15) is 0 Å². The van der Waals surface area contributed by atoms with Crippen LogP contribution in [0.5, 0.6) is 0 Å². The van der Waals surface area contributed by atoms with E-state index in [0.717, 1.165) is 11.1 Å². The van der Waals surface area contributed by atoms with Gasteiger partial charge in [0.05, 0.1) is 17.5 Å². The van der Waals surface area contributed by atoms with Crippen LogP contribution in [-0.4, -0.2) is 41.5 Å². The van der Waals surface area contributed by atoms with Gasteiger partial charge in [-0.3, -0.25) is 24.6 Å². The molecule has 7 heteroatoms. The van der Waals surface area contributed by atoms with Crippen molar-refractivity contribution in [1.29, 1.82) is 0 Å². The minimum atomic E-state index is -0.377. The molecule has 2 fully saturated rings. The van der Waals surface area contributed by atoms with Crippen LogP contribution in [-0.2, 0) is 9.59 Å². The van der Waals surface area contributed by atoms with Crippen molar-refractivity contribution in [3.8, 4) is 0 Å². The first-order valence-electron chi connectivity index (χ1n) is 12.2. The first-order valence-corrected chi connectivity index (χ1v) is 12.2. The van der Waals surface area contributed by atoms with Crippen LogP contribution in [0.3, 0.4) is 0 Å². The highest BCUT2D eigenvalue weighted by Gasteiger charge is 2.42. The summed E-state index contributed by atoms with van der Waals surface area (Å²) in [5.41, 5.74) is 5.48. The Bertz CT molecular complexity index is 1190. The second-order valence-electron chi connectivity index (χ2n) is 9.65. The molecule has 2 unspecified atom stereocenters. The molecule has 0 aromatic heterocycles. The van der Waals surface area contributed by atoms with E-state index in [1.807, 2.05) is 43.3 Å². The van der Waals surface area contributed by atoms with Crippen LogP contribution in [0.4, 0.5) is 5.69 Å². The monoisotopic (exact) mass is 471 g/mol. The van der Waals surface area contributed by atoms with E-state index >= 15 is 0 Å². The number of rotatable bonds is 4. The van der Waals surface area contributed by atoms with Crippen molar-refractivity contribution in [2.24, 2.45) is 17.8 Å². The zero-order valence-corrected chi connectivity index (χ0v) is 19.8. The number of aryl methyl sites for hydroxylation is 1. The molecular formula is C28H29N3O4. The van der Waals surface area contributed by atoms with Crippen LogP contribution in [0, 0.1) is 24.7 Å². The number of carbonyl (C=O) groups excluding carboxylic acids is 4. The molecule has 2 heterocycles. The Balaban J connectivity index is 1.25. The zero-order chi connectivity index (χ0) is 24.5. The molecule has 5 rings (SSSR count). The molecule has 0 bridgehead atoms. The summed E-state index contributed by atoms with van der Waals surface area (Å²) in [4.78, 5) is 53.5. The van der Waals surface area contributed by atoms with Crippen molar-refractivity contribution in [2.75, 3.05) is 18.1 Å². The molecule has 2 aliphatic heterocycles. The Morgan fingerprint density at radius 3 is 2.29 bits per heavy atom. The van der Waals surface area contributed by atoms with Crippen molar-refractivity contribution in [3.63, 3.8) is 0 Å². The van der Waals surface area contributed by atoms with E-state index in [-0.39, 0.29) is 41.3 Å². The number of amides is 3. The molecule has 1 N–H and O–H groups in total. The minimum Gasteiger partial charge on any atom is -0.339 e. The molecule has 2 aromatic carbocycles. The molecule has 7 nitrogen and oxygen atoms in total. The zero-order valence-electron chi connectivity index (χ0n) is 19.8. The first kappa shape index (κ1) is 23.0. The van der Waals surface area contributed by atoms with Crippen LogP contribution in [0.15, 0.2) is 60.7 Å². The number of piperidine rings is 1. The van der Waals surface area contributed by atoms with E-state index in [2.05, 4.69) is 5.43 Å². The smallest absolute Gasteiger partial charge is 0.253 e. The van der Waals surface area contributed by atoms with Gasteiger partial charge in [0.1, 0.15) is 0 Å². The highest BCUT2D eigenvalue weighted by molar-refractivity contribution is 6.05. The van der Waals surface area contributed by atoms with Crippen LogP contribution in [0.1, 0.15) is 52.0 Å². The Labute approximate surface area is 204 Å². The van der Waals surface area contributed by atoms with Crippen molar-refractivity contribution in [3.05, 3.63) is 77.4 Å². The fraction of sp³-hybridized carbons (Fsp3) is 0.357. The Hall–Kier alpha value is -3.74. The third-order valence-electron chi connectivity index (χ3n) is 7.37. The van der Waals surface area contributed by atoms with E-state index in [4.69, 9.17) is 0 Å². The predicted molar refractivity (Wildman–Crippen MR) is 132 cm³/mol. The Morgan fingerprint density at radius 1 is 0.886 bits per heavy atom. The molecule has 3 aliphatic rings. The third kappa shape index (κ3) is 4.50. The number of anilines is 1. The van der Waals surface area contributed by atoms with E-state index in [9.17, 15) is 19.2 Å². The summed E-state index contributed by atoms with van der Waals surface area (Å²) in [7, 11) is 0. The van der Waals surface area contributed by atoms with Crippen LogP contribution in [0.2, 0.25) is 0 Å². The number of carbonyl (C=O) groups is 4. The van der Waals surface area contributed by atoms with Gasteiger partial charge in [-0.15, -0.1) is 0 Å². The molecular weight excluding hydrogens is 442 g/mol. The standard InChI is InChI=1S/C28H29N3O4/c1-18-9-11-19(12-10-18)25(32)20-13-15-30(16-14-20)27(34)21-5-4-6-22(17-21)31-28(35)24-8-3-2-7-23(24)26(33)29-31/h2-6,9-12,17,20,23-24H,7-8,13-16H2,1H3,(H,29,33). The topological polar surface area (TPSA) is 86.8 Å². The Morgan fingerprint density at radius 2 is 1.57 bits per heavy atom. The number of likely N-dealkylation sites (tertiary alicyclic amines) is 1. The molecule has 0 radical (unpaired) electrons. The largest absolute Gasteiger partial charge is 0.339 e. The lowest BCUT2D eigenvalue weighted by Gasteiger charge is -2.38. The maximum atomic E-state index is 13.2. The highest BCUT2D eigenvalue weighted by Crippen LogP contribution is 2.33. The number of fused-ring (bicyclic) bond motifs is 1. The van der Waals surface area contributed by atoms with Crippen molar-refractivity contribution >= 4 is 29.2 Å². The molecule has 180 valence electrons. The van der Waals surface area contributed by atoms with E-state index < -0.39 is 0 Å². The number of nitrogens with zero attached hydrogens (tertiary/aromatic N) is 2. The molecule has 2 aromatic rings. The fourth-order valence-electron chi connectivity index (χ4n) is 5.24. The number of hydrazine groups is 1. The number of ketones is 1. The molecule has 0 saturated carbocycles. The molecule has 35 heavy (non-hydrogen) atoms. The summed E-state index contributed by atoms with van der Waals surface area (Å²) in [6, 6.07) is 14.4. The van der Waals surface area contributed by atoms with Gasteiger partial charge < -0.3 is 4.90 Å². The molecule has 2 atom stereocenters. The summed E-state index contributed by atoms with van der Waals surface area (Å²) >= 11 is 0. The SMILES string of the molecule is Cc1ccc(C(=O)C2CCN(C(=O)c3cccc(N4NC(=O)C5CC=CCC5C4=O)c3)CC2)cc1. The predicted octanol–water partition coefficient (Wildman–Crippen LogP) is 3.69. The van der Waals surface area contributed by atoms with Crippen molar-refractivity contribution < 1.29 is 19.2 Å². The number of hydrogen-bond acceptors (Lipinski definition) is 4. The average Bonchev–Trinajstić information content (AvgIpc) is 2.90. The lowest BCUT2D eigenvalue weighted by molar-refractivity contribution is -0.139. The van der Waals surface area contributed by atoms with Gasteiger partial charge in [-0.25, -0.2) is 5.01 Å². The van der Waals surface area contributed by atoms with E-state index in [0.29, 0.717) is 50.0 Å². The summed E-state index contributed by atoms with van der Waals surface area (Å²) in [5.74, 6) is -1.13. The number of Topliss-reactive ketones (excluding diaryl/α,β-unsaturated/α-hetero) is 1. The number of benzene rings is 2. The Kier molecular flexibility index (Phi) is 6.24. The first-order chi connectivity index (χ1) is 16.9. The van der Waals surface area contributed by atoms with Crippen molar-refractivity contribution in [2.45, 2.75) is 32.6 Å². The number of allylic oxidation sites excluding steroid dienone is 2.